The predicted molar refractivity (Wildman–Crippen MR) is 99.4 cm³/mol. The Hall–Kier alpha value is -2.96. The molecule has 0 fully saturated rings. The minimum atomic E-state index is -0.940. The average Bonchev–Trinajstić information content (AvgIpc) is 3.05. The second-order valence-electron chi connectivity index (χ2n) is 6.19. The normalized spacial score (nSPS) is 13.4. The lowest BCUT2D eigenvalue weighted by atomic mass is 10.1. The van der Waals surface area contributed by atoms with Crippen LogP contribution < -0.4 is 15.4 Å². The van der Waals surface area contributed by atoms with Gasteiger partial charge in [-0.15, -0.1) is 10.1 Å². The van der Waals surface area contributed by atoms with Gasteiger partial charge in [-0.1, -0.05) is 6.07 Å². The fourth-order valence-electron chi connectivity index (χ4n) is 2.62. The van der Waals surface area contributed by atoms with Gasteiger partial charge >= 0.3 is 0 Å². The molecule has 1 aromatic rings. The van der Waals surface area contributed by atoms with E-state index in [9.17, 15) is 24.8 Å². The first-order chi connectivity index (χ1) is 13.9. The lowest BCUT2D eigenvalue weighted by Gasteiger charge is -2.21. The molecule has 0 saturated heterocycles. The van der Waals surface area contributed by atoms with E-state index in [4.69, 9.17) is 9.57 Å². The summed E-state index contributed by atoms with van der Waals surface area (Å²) in [4.78, 5) is 42.2. The summed E-state index contributed by atoms with van der Waals surface area (Å²) in [7, 11) is 0. The summed E-state index contributed by atoms with van der Waals surface area (Å²) in [6, 6.07) is 5.29. The van der Waals surface area contributed by atoms with Crippen molar-refractivity contribution in [2.75, 3.05) is 44.8 Å². The number of amides is 2. The molecule has 1 aromatic carbocycles. The van der Waals surface area contributed by atoms with Gasteiger partial charge in [0.1, 0.15) is 25.1 Å². The van der Waals surface area contributed by atoms with Crippen LogP contribution in [-0.2, 0) is 25.7 Å². The van der Waals surface area contributed by atoms with Crippen molar-refractivity contribution < 1.29 is 34.2 Å². The first kappa shape index (κ1) is 22.3. The number of hydrogen-bond acceptors (Lipinski definition) is 9. The molecule has 12 heteroatoms. The lowest BCUT2D eigenvalue weighted by molar-refractivity contribution is -0.758. The summed E-state index contributed by atoms with van der Waals surface area (Å²) in [5.41, 5.74) is 1.49. The van der Waals surface area contributed by atoms with Gasteiger partial charge in [0, 0.05) is 31.3 Å². The van der Waals surface area contributed by atoms with Crippen LogP contribution in [0.4, 0.5) is 5.69 Å². The van der Waals surface area contributed by atoms with Crippen molar-refractivity contribution in [1.29, 1.82) is 0 Å². The number of hydroxylamine groups is 2. The molecule has 0 radical (unpaired) electrons. The van der Waals surface area contributed by atoms with Crippen molar-refractivity contribution in [3.63, 3.8) is 0 Å². The van der Waals surface area contributed by atoms with E-state index >= 15 is 0 Å². The van der Waals surface area contributed by atoms with Crippen LogP contribution >= 0.6 is 0 Å². The lowest BCUT2D eigenvalue weighted by Crippen LogP contribution is -2.39. The largest absolute Gasteiger partial charge is 0.490 e. The molecule has 1 atom stereocenters. The first-order valence-electron chi connectivity index (χ1n) is 8.98. The number of carbonyl (C=O) groups is 2. The molecule has 1 heterocycles. The van der Waals surface area contributed by atoms with Crippen molar-refractivity contribution in [2.24, 2.45) is 0 Å². The molecule has 12 nitrogen and oxygen atoms in total. The number of carbonyl (C=O) groups excluding carboxylic acids is 2. The molecule has 1 aliphatic heterocycles. The number of rotatable bonds is 13. The Bertz CT molecular complexity index is 729. The molecule has 29 heavy (non-hydrogen) atoms. The van der Waals surface area contributed by atoms with Gasteiger partial charge in [-0.25, -0.2) is 5.06 Å². The quantitative estimate of drug-likeness (QED) is 0.221. The summed E-state index contributed by atoms with van der Waals surface area (Å²) in [6.45, 7) is 1.62. The number of fused-ring (bicyclic) bond motifs is 1. The fraction of sp³-hybridized carbons (Fsp3) is 0.529. The summed E-state index contributed by atoms with van der Waals surface area (Å²) in [5, 5.41) is 25.9. The number of anilines is 1. The maximum atomic E-state index is 11.5. The monoisotopic (exact) mass is 412 g/mol. The van der Waals surface area contributed by atoms with E-state index < -0.39 is 11.2 Å². The van der Waals surface area contributed by atoms with Crippen LogP contribution in [0.5, 0.6) is 5.75 Å². The Morgan fingerprint density at radius 2 is 2.24 bits per heavy atom. The van der Waals surface area contributed by atoms with E-state index in [1.54, 1.807) is 18.2 Å². The van der Waals surface area contributed by atoms with E-state index in [0.29, 0.717) is 18.0 Å². The highest BCUT2D eigenvalue weighted by molar-refractivity contribution is 6.00. The number of nitrogens with one attached hydrogen (secondary N) is 2. The number of benzene rings is 1. The topological polar surface area (TPSA) is 153 Å². The third kappa shape index (κ3) is 7.52. The van der Waals surface area contributed by atoms with Crippen LogP contribution in [0.15, 0.2) is 18.2 Å². The van der Waals surface area contributed by atoms with Gasteiger partial charge < -0.3 is 25.3 Å². The zero-order valence-corrected chi connectivity index (χ0v) is 16.0. The zero-order valence-electron chi connectivity index (χ0n) is 16.0. The minimum absolute atomic E-state index is 0.0306. The molecular weight excluding hydrogens is 388 g/mol. The van der Waals surface area contributed by atoms with E-state index in [-0.39, 0.29) is 51.1 Å². The molecular formula is C17H24N4O8. The van der Waals surface area contributed by atoms with E-state index in [0.717, 1.165) is 10.6 Å². The second-order valence-corrected chi connectivity index (χ2v) is 6.19. The Morgan fingerprint density at radius 1 is 1.45 bits per heavy atom. The molecule has 2 rings (SSSR count). The van der Waals surface area contributed by atoms with Crippen LogP contribution in [0.3, 0.4) is 0 Å². The number of nitrogens with zero attached hydrogens (tertiary/aromatic N) is 2. The molecule has 0 bridgehead atoms. The van der Waals surface area contributed by atoms with Gasteiger partial charge in [0.15, 0.2) is 0 Å². The molecule has 1 aliphatic rings. The fourth-order valence-corrected chi connectivity index (χ4v) is 2.62. The van der Waals surface area contributed by atoms with Gasteiger partial charge in [-0.2, -0.15) is 0 Å². The SMILES string of the molecule is CC(=O)N(CCNCC(O)COc1cccc2c1CC(=O)N2)OCCO[N+](=O)[O-]. The molecule has 0 aliphatic carbocycles. The standard InChI is InChI=1S/C17H24N4O8/c1-12(22)20(28-7-8-29-21(25)26)6-5-18-10-13(23)11-27-16-4-2-3-15-14(16)9-17(24)19-15/h2-4,13,18,23H,5-11H2,1H3,(H,19,24). The molecule has 0 aromatic heterocycles. The van der Waals surface area contributed by atoms with Crippen molar-refractivity contribution in [2.45, 2.75) is 19.4 Å². The molecule has 2 amide bonds. The van der Waals surface area contributed by atoms with Crippen molar-refractivity contribution in [3.05, 3.63) is 33.9 Å². The smallest absolute Gasteiger partial charge is 0.294 e. The zero-order chi connectivity index (χ0) is 21.2. The van der Waals surface area contributed by atoms with E-state index in [1.807, 2.05) is 0 Å². The second kappa shape index (κ2) is 11.1. The van der Waals surface area contributed by atoms with Crippen molar-refractivity contribution in [1.82, 2.24) is 10.4 Å². The molecule has 1 unspecified atom stereocenters. The molecule has 0 saturated carbocycles. The number of aliphatic hydroxyl groups is 1. The maximum Gasteiger partial charge on any atom is 0.294 e. The van der Waals surface area contributed by atoms with Crippen LogP contribution in [0.1, 0.15) is 12.5 Å². The summed E-state index contributed by atoms with van der Waals surface area (Å²) >= 11 is 0. The van der Waals surface area contributed by atoms with Gasteiger partial charge in [-0.05, 0) is 12.1 Å². The van der Waals surface area contributed by atoms with Gasteiger partial charge in [-0.3, -0.25) is 14.4 Å². The highest BCUT2D eigenvalue weighted by Crippen LogP contribution is 2.31. The predicted octanol–water partition coefficient (Wildman–Crippen LogP) is -0.501. The van der Waals surface area contributed by atoms with Gasteiger partial charge in [0.25, 0.3) is 5.09 Å². The number of ether oxygens (including phenoxy) is 1. The van der Waals surface area contributed by atoms with Crippen molar-refractivity contribution in [3.8, 4) is 5.75 Å². The number of hydrogen-bond donors (Lipinski definition) is 3. The minimum Gasteiger partial charge on any atom is -0.490 e. The highest BCUT2D eigenvalue weighted by atomic mass is 17.0. The van der Waals surface area contributed by atoms with Crippen LogP contribution in [0.25, 0.3) is 0 Å². The Morgan fingerprint density at radius 3 is 2.97 bits per heavy atom. The van der Waals surface area contributed by atoms with E-state index in [2.05, 4.69) is 15.5 Å². The maximum absolute atomic E-state index is 11.5. The Kier molecular flexibility index (Phi) is 8.58. The summed E-state index contributed by atoms with van der Waals surface area (Å²) in [6.07, 6.45) is -0.566. The molecule has 0 spiro atoms. The first-order valence-corrected chi connectivity index (χ1v) is 8.98. The Labute approximate surface area is 166 Å². The number of aliphatic hydroxyl groups excluding tert-OH is 1. The molecule has 3 N–H and O–H groups in total. The van der Waals surface area contributed by atoms with Crippen LogP contribution in [0.2, 0.25) is 0 Å². The van der Waals surface area contributed by atoms with E-state index in [1.165, 1.54) is 6.92 Å². The van der Waals surface area contributed by atoms with Crippen molar-refractivity contribution >= 4 is 17.5 Å². The van der Waals surface area contributed by atoms with Crippen LogP contribution in [-0.4, -0.2) is 72.6 Å². The summed E-state index contributed by atoms with van der Waals surface area (Å²) in [5.74, 6) is 0.0892. The van der Waals surface area contributed by atoms with Gasteiger partial charge in [0.05, 0.1) is 19.6 Å². The third-order valence-electron chi connectivity index (χ3n) is 3.93. The third-order valence-corrected chi connectivity index (χ3v) is 3.93. The van der Waals surface area contributed by atoms with Crippen LogP contribution in [0, 0.1) is 10.1 Å². The molecule has 160 valence electrons. The Balaban J connectivity index is 1.64. The average molecular weight is 412 g/mol. The summed E-state index contributed by atoms with van der Waals surface area (Å²) < 4.78 is 5.62. The highest BCUT2D eigenvalue weighted by Gasteiger charge is 2.21. The van der Waals surface area contributed by atoms with Gasteiger partial charge in [0.2, 0.25) is 11.8 Å².